The summed E-state index contributed by atoms with van der Waals surface area (Å²) < 4.78 is 4.92. The molecule has 1 rings (SSSR count). The van der Waals surface area contributed by atoms with Crippen LogP contribution in [0.2, 0.25) is 0 Å². The molecule has 0 aliphatic carbocycles. The maximum Gasteiger partial charge on any atom is 0.0977 e. The minimum Gasteiger partial charge on any atom is -0.472 e. The van der Waals surface area contributed by atoms with E-state index in [1.165, 1.54) is 0 Å². The lowest BCUT2D eigenvalue weighted by Crippen LogP contribution is -1.88. The summed E-state index contributed by atoms with van der Waals surface area (Å²) in [6.07, 6.45) is 3.39. The van der Waals surface area contributed by atoms with Crippen LogP contribution in [-0.4, -0.2) is 0 Å². The van der Waals surface area contributed by atoms with Crippen molar-refractivity contribution in [3.05, 3.63) is 30.7 Å². The lowest BCUT2D eigenvalue weighted by molar-refractivity contribution is 0.566. The SMILES string of the molecule is C=C(c1ccoc1)C(C)C. The molecule has 0 aromatic carbocycles. The van der Waals surface area contributed by atoms with Gasteiger partial charge in [-0.15, -0.1) is 0 Å². The molecule has 1 aromatic rings. The molecule has 0 fully saturated rings. The summed E-state index contributed by atoms with van der Waals surface area (Å²) in [4.78, 5) is 0. The van der Waals surface area contributed by atoms with E-state index in [2.05, 4.69) is 20.4 Å². The first-order valence-electron chi connectivity index (χ1n) is 3.43. The van der Waals surface area contributed by atoms with Gasteiger partial charge >= 0.3 is 0 Å². The van der Waals surface area contributed by atoms with Gasteiger partial charge in [-0.05, 0) is 17.6 Å². The molecule has 0 spiro atoms. The van der Waals surface area contributed by atoms with E-state index in [1.54, 1.807) is 12.5 Å². The fourth-order valence-electron chi connectivity index (χ4n) is 0.781. The normalized spacial score (nSPS) is 10.3. The first-order chi connectivity index (χ1) is 4.72. The molecule has 0 aliphatic heterocycles. The second-order valence-corrected chi connectivity index (χ2v) is 2.69. The van der Waals surface area contributed by atoms with Crippen LogP contribution in [0.25, 0.3) is 5.57 Å². The third kappa shape index (κ3) is 1.29. The summed E-state index contributed by atoms with van der Waals surface area (Å²) in [6, 6.07) is 1.93. The fraction of sp³-hybridized carbons (Fsp3) is 0.333. The Morgan fingerprint density at radius 2 is 2.30 bits per heavy atom. The van der Waals surface area contributed by atoms with Crippen LogP contribution in [0, 0.1) is 5.92 Å². The number of hydrogen-bond donors (Lipinski definition) is 0. The summed E-state index contributed by atoms with van der Waals surface area (Å²) >= 11 is 0. The molecule has 0 bridgehead atoms. The first kappa shape index (κ1) is 7.13. The average Bonchev–Trinajstić information content (AvgIpc) is 2.36. The van der Waals surface area contributed by atoms with Crippen molar-refractivity contribution in [2.24, 2.45) is 5.92 Å². The van der Waals surface area contributed by atoms with Crippen LogP contribution in [0.4, 0.5) is 0 Å². The van der Waals surface area contributed by atoms with Crippen molar-refractivity contribution in [3.8, 4) is 0 Å². The molecule has 0 saturated heterocycles. The van der Waals surface area contributed by atoms with Crippen molar-refractivity contribution < 1.29 is 4.42 Å². The van der Waals surface area contributed by atoms with Gasteiger partial charge in [-0.1, -0.05) is 20.4 Å². The molecule has 0 N–H and O–H groups in total. The molecular weight excluding hydrogens is 124 g/mol. The van der Waals surface area contributed by atoms with Gasteiger partial charge in [-0.3, -0.25) is 0 Å². The number of hydrogen-bond acceptors (Lipinski definition) is 1. The van der Waals surface area contributed by atoms with Crippen LogP contribution in [-0.2, 0) is 0 Å². The Balaban J connectivity index is 2.78. The second-order valence-electron chi connectivity index (χ2n) is 2.69. The van der Waals surface area contributed by atoms with E-state index in [0.717, 1.165) is 11.1 Å². The van der Waals surface area contributed by atoms with Gasteiger partial charge in [0.15, 0.2) is 0 Å². The molecule has 1 heterocycles. The zero-order valence-corrected chi connectivity index (χ0v) is 6.42. The number of furan rings is 1. The van der Waals surface area contributed by atoms with Gasteiger partial charge in [0, 0.05) is 5.56 Å². The lowest BCUT2D eigenvalue weighted by atomic mass is 10.00. The molecule has 0 atom stereocenters. The standard InChI is InChI=1S/C9H12O/c1-7(2)8(3)9-4-5-10-6-9/h4-7H,3H2,1-2H3. The molecule has 1 nitrogen and oxygen atoms in total. The highest BCUT2D eigenvalue weighted by molar-refractivity contribution is 5.63. The number of allylic oxidation sites excluding steroid dienone is 1. The summed E-state index contributed by atoms with van der Waals surface area (Å²) in [6.45, 7) is 8.18. The average molecular weight is 136 g/mol. The highest BCUT2D eigenvalue weighted by atomic mass is 16.3. The van der Waals surface area contributed by atoms with Crippen LogP contribution in [0.15, 0.2) is 29.6 Å². The molecule has 0 saturated carbocycles. The van der Waals surface area contributed by atoms with E-state index in [9.17, 15) is 0 Å². The molecule has 0 unspecified atom stereocenters. The van der Waals surface area contributed by atoms with E-state index >= 15 is 0 Å². The fourth-order valence-corrected chi connectivity index (χ4v) is 0.781. The minimum atomic E-state index is 0.498. The third-order valence-electron chi connectivity index (χ3n) is 1.59. The molecule has 10 heavy (non-hydrogen) atoms. The first-order valence-corrected chi connectivity index (χ1v) is 3.43. The van der Waals surface area contributed by atoms with Gasteiger partial charge in [0.05, 0.1) is 12.5 Å². The van der Waals surface area contributed by atoms with Gasteiger partial charge in [0.1, 0.15) is 0 Å². The Bertz CT molecular complexity index is 207. The molecule has 1 heteroatoms. The van der Waals surface area contributed by atoms with E-state index in [0.29, 0.717) is 5.92 Å². The number of rotatable bonds is 2. The quantitative estimate of drug-likeness (QED) is 0.609. The minimum absolute atomic E-state index is 0.498. The Hall–Kier alpha value is -0.980. The Morgan fingerprint density at radius 1 is 1.60 bits per heavy atom. The second kappa shape index (κ2) is 2.74. The van der Waals surface area contributed by atoms with Crippen LogP contribution < -0.4 is 0 Å². The van der Waals surface area contributed by atoms with Gasteiger partial charge in [-0.25, -0.2) is 0 Å². The van der Waals surface area contributed by atoms with Crippen molar-refractivity contribution in [2.75, 3.05) is 0 Å². The third-order valence-corrected chi connectivity index (χ3v) is 1.59. The van der Waals surface area contributed by atoms with Crippen LogP contribution >= 0.6 is 0 Å². The smallest absolute Gasteiger partial charge is 0.0977 e. The Labute approximate surface area is 61.4 Å². The summed E-state index contributed by atoms with van der Waals surface area (Å²) in [5.74, 6) is 0.498. The molecular formula is C9H12O. The monoisotopic (exact) mass is 136 g/mol. The zero-order valence-electron chi connectivity index (χ0n) is 6.42. The maximum atomic E-state index is 4.92. The van der Waals surface area contributed by atoms with E-state index in [-0.39, 0.29) is 0 Å². The maximum absolute atomic E-state index is 4.92. The van der Waals surface area contributed by atoms with Crippen molar-refractivity contribution in [1.29, 1.82) is 0 Å². The predicted molar refractivity (Wildman–Crippen MR) is 42.6 cm³/mol. The van der Waals surface area contributed by atoms with Crippen molar-refractivity contribution >= 4 is 5.57 Å². The van der Waals surface area contributed by atoms with Crippen LogP contribution in [0.3, 0.4) is 0 Å². The zero-order chi connectivity index (χ0) is 7.56. The van der Waals surface area contributed by atoms with E-state index < -0.39 is 0 Å². The summed E-state index contributed by atoms with van der Waals surface area (Å²) in [5.41, 5.74) is 2.24. The van der Waals surface area contributed by atoms with Crippen molar-refractivity contribution in [3.63, 3.8) is 0 Å². The van der Waals surface area contributed by atoms with Gasteiger partial charge in [0.2, 0.25) is 0 Å². The molecule has 54 valence electrons. The topological polar surface area (TPSA) is 13.1 Å². The van der Waals surface area contributed by atoms with Crippen LogP contribution in [0.1, 0.15) is 19.4 Å². The van der Waals surface area contributed by atoms with Crippen molar-refractivity contribution in [1.82, 2.24) is 0 Å². The Morgan fingerprint density at radius 3 is 2.70 bits per heavy atom. The van der Waals surface area contributed by atoms with Crippen molar-refractivity contribution in [2.45, 2.75) is 13.8 Å². The summed E-state index contributed by atoms with van der Waals surface area (Å²) in [7, 11) is 0. The van der Waals surface area contributed by atoms with Gasteiger partial charge < -0.3 is 4.42 Å². The highest BCUT2D eigenvalue weighted by Crippen LogP contribution is 2.20. The summed E-state index contributed by atoms with van der Waals surface area (Å²) in [5, 5.41) is 0. The van der Waals surface area contributed by atoms with Crippen LogP contribution in [0.5, 0.6) is 0 Å². The predicted octanol–water partition coefficient (Wildman–Crippen LogP) is 2.95. The van der Waals surface area contributed by atoms with E-state index in [1.807, 2.05) is 6.07 Å². The largest absolute Gasteiger partial charge is 0.472 e. The highest BCUT2D eigenvalue weighted by Gasteiger charge is 2.03. The molecule has 0 amide bonds. The van der Waals surface area contributed by atoms with E-state index in [4.69, 9.17) is 4.42 Å². The molecule has 0 aliphatic rings. The molecule has 1 aromatic heterocycles. The van der Waals surface area contributed by atoms with Gasteiger partial charge in [-0.2, -0.15) is 0 Å². The van der Waals surface area contributed by atoms with Gasteiger partial charge in [0.25, 0.3) is 0 Å². The molecule has 0 radical (unpaired) electrons. The Kier molecular flexibility index (Phi) is 1.95. The lowest BCUT2D eigenvalue weighted by Gasteiger charge is -2.04.